The summed E-state index contributed by atoms with van der Waals surface area (Å²) < 4.78 is 11.0. The molecule has 18 heavy (non-hydrogen) atoms. The summed E-state index contributed by atoms with van der Waals surface area (Å²) in [5.74, 6) is 0.00817. The molecular weight excluding hydrogens is 232 g/mol. The van der Waals surface area contributed by atoms with Crippen LogP contribution in [-0.2, 0) is 0 Å². The number of fused-ring (bicyclic) bond motifs is 1. The Kier molecular flexibility index (Phi) is 2.51. The van der Waals surface area contributed by atoms with Crippen LogP contribution in [0, 0.1) is 0 Å². The molecule has 0 saturated heterocycles. The van der Waals surface area contributed by atoms with E-state index in [2.05, 4.69) is 0 Å². The summed E-state index contributed by atoms with van der Waals surface area (Å²) in [5.41, 5.74) is 1.39. The molecule has 1 aromatic carbocycles. The smallest absolute Gasteiger partial charge is 0.372 e. The summed E-state index contributed by atoms with van der Waals surface area (Å²) in [6, 6.07) is 5.58. The first-order valence-corrected chi connectivity index (χ1v) is 6.14. The number of furan rings is 1. The third kappa shape index (κ3) is 1.65. The van der Waals surface area contributed by atoms with Crippen LogP contribution >= 0.6 is 0 Å². The Morgan fingerprint density at radius 1 is 1.50 bits per heavy atom. The number of para-hydroxylation sites is 1. The molecule has 4 heteroatoms. The second kappa shape index (κ2) is 4.05. The molecular formula is C14H14O4. The Labute approximate surface area is 104 Å². The number of benzene rings is 1. The highest BCUT2D eigenvalue weighted by Crippen LogP contribution is 2.47. The van der Waals surface area contributed by atoms with Gasteiger partial charge in [-0.25, -0.2) is 4.79 Å². The van der Waals surface area contributed by atoms with Gasteiger partial charge in [-0.3, -0.25) is 0 Å². The van der Waals surface area contributed by atoms with Crippen molar-refractivity contribution in [1.82, 2.24) is 0 Å². The molecule has 0 spiro atoms. The maximum Gasteiger partial charge on any atom is 0.372 e. The first kappa shape index (κ1) is 11.1. The zero-order chi connectivity index (χ0) is 12.7. The normalized spacial score (nSPS) is 14.9. The molecule has 1 fully saturated rings. The van der Waals surface area contributed by atoms with Gasteiger partial charge >= 0.3 is 5.97 Å². The maximum absolute atomic E-state index is 11.3. The molecule has 1 saturated carbocycles. The van der Waals surface area contributed by atoms with E-state index >= 15 is 0 Å². The van der Waals surface area contributed by atoms with Crippen molar-refractivity contribution in [2.75, 3.05) is 6.61 Å². The van der Waals surface area contributed by atoms with Crippen LogP contribution in [0.15, 0.2) is 22.6 Å². The van der Waals surface area contributed by atoms with Gasteiger partial charge in [-0.1, -0.05) is 12.1 Å². The van der Waals surface area contributed by atoms with E-state index in [9.17, 15) is 9.90 Å². The molecule has 1 heterocycles. The molecule has 0 bridgehead atoms. The van der Waals surface area contributed by atoms with E-state index in [1.54, 1.807) is 6.07 Å². The number of carboxylic acid groups (broad SMARTS) is 1. The molecule has 1 N–H and O–H groups in total. The van der Waals surface area contributed by atoms with Gasteiger partial charge < -0.3 is 14.3 Å². The standard InChI is InChI=1S/C14H14O4/c1-2-17-10-5-3-4-9-11(8-6-7-8)13(14(15)16)18-12(9)10/h3-5,8H,2,6-7H2,1H3,(H,15,16). The molecule has 1 aliphatic rings. The first-order valence-electron chi connectivity index (χ1n) is 6.14. The van der Waals surface area contributed by atoms with Crippen molar-refractivity contribution in [2.24, 2.45) is 0 Å². The minimum absolute atomic E-state index is 0.0691. The minimum atomic E-state index is -1.00. The van der Waals surface area contributed by atoms with Crippen LogP contribution in [0.5, 0.6) is 5.75 Å². The van der Waals surface area contributed by atoms with Crippen molar-refractivity contribution in [3.05, 3.63) is 29.5 Å². The maximum atomic E-state index is 11.3. The molecule has 94 valence electrons. The van der Waals surface area contributed by atoms with Crippen molar-refractivity contribution in [3.8, 4) is 5.75 Å². The third-order valence-corrected chi connectivity index (χ3v) is 3.20. The molecule has 0 aliphatic heterocycles. The molecule has 0 atom stereocenters. The van der Waals surface area contributed by atoms with Crippen molar-refractivity contribution in [1.29, 1.82) is 0 Å². The molecule has 0 radical (unpaired) electrons. The summed E-state index contributed by atoms with van der Waals surface area (Å²) in [7, 11) is 0. The average Bonchev–Trinajstić information content (AvgIpc) is 3.10. The number of hydrogen-bond acceptors (Lipinski definition) is 3. The molecule has 1 aliphatic carbocycles. The second-order valence-corrected chi connectivity index (χ2v) is 4.49. The quantitative estimate of drug-likeness (QED) is 0.898. The van der Waals surface area contributed by atoms with E-state index in [-0.39, 0.29) is 5.76 Å². The van der Waals surface area contributed by atoms with Gasteiger partial charge in [0.1, 0.15) is 0 Å². The van der Waals surface area contributed by atoms with Gasteiger partial charge in [0.2, 0.25) is 5.76 Å². The van der Waals surface area contributed by atoms with Gasteiger partial charge in [0.05, 0.1) is 6.61 Å². The Bertz CT molecular complexity index is 608. The second-order valence-electron chi connectivity index (χ2n) is 4.49. The Hall–Kier alpha value is -1.97. The fourth-order valence-corrected chi connectivity index (χ4v) is 2.32. The fraction of sp³-hybridized carbons (Fsp3) is 0.357. The summed E-state index contributed by atoms with van der Waals surface area (Å²) in [6.45, 7) is 2.42. The predicted molar refractivity (Wildman–Crippen MR) is 66.3 cm³/mol. The lowest BCUT2D eigenvalue weighted by Crippen LogP contribution is -1.97. The predicted octanol–water partition coefficient (Wildman–Crippen LogP) is 3.41. The largest absolute Gasteiger partial charge is 0.490 e. The third-order valence-electron chi connectivity index (χ3n) is 3.20. The van der Waals surface area contributed by atoms with E-state index in [4.69, 9.17) is 9.15 Å². The zero-order valence-corrected chi connectivity index (χ0v) is 10.1. The van der Waals surface area contributed by atoms with E-state index in [1.807, 2.05) is 19.1 Å². The van der Waals surface area contributed by atoms with Crippen LogP contribution in [0.25, 0.3) is 11.0 Å². The molecule has 0 unspecified atom stereocenters. The molecule has 3 rings (SSSR count). The van der Waals surface area contributed by atoms with Gasteiger partial charge in [0, 0.05) is 10.9 Å². The Morgan fingerprint density at radius 2 is 2.28 bits per heavy atom. The number of rotatable bonds is 4. The van der Waals surface area contributed by atoms with Crippen molar-refractivity contribution in [3.63, 3.8) is 0 Å². The van der Waals surface area contributed by atoms with Gasteiger partial charge in [0.25, 0.3) is 0 Å². The summed E-state index contributed by atoms with van der Waals surface area (Å²) in [5, 5.41) is 10.1. The van der Waals surface area contributed by atoms with Crippen molar-refractivity contribution < 1.29 is 19.1 Å². The average molecular weight is 246 g/mol. The Morgan fingerprint density at radius 3 is 2.89 bits per heavy atom. The summed E-state index contributed by atoms with van der Waals surface area (Å²) >= 11 is 0. The molecule has 4 nitrogen and oxygen atoms in total. The molecule has 0 amide bonds. The lowest BCUT2D eigenvalue weighted by Gasteiger charge is -2.02. The highest BCUT2D eigenvalue weighted by atomic mass is 16.5. The van der Waals surface area contributed by atoms with Crippen LogP contribution in [-0.4, -0.2) is 17.7 Å². The Balaban J connectivity index is 2.25. The van der Waals surface area contributed by atoms with Gasteiger partial charge in [-0.2, -0.15) is 0 Å². The lowest BCUT2D eigenvalue weighted by molar-refractivity contribution is 0.0663. The first-order chi connectivity index (χ1) is 8.72. The van der Waals surface area contributed by atoms with E-state index in [0.29, 0.717) is 23.9 Å². The highest BCUT2D eigenvalue weighted by Gasteiger charge is 2.34. The molecule has 2 aromatic rings. The van der Waals surface area contributed by atoms with E-state index in [1.165, 1.54) is 0 Å². The number of carbonyl (C=O) groups is 1. The van der Waals surface area contributed by atoms with E-state index in [0.717, 1.165) is 23.8 Å². The zero-order valence-electron chi connectivity index (χ0n) is 10.1. The van der Waals surface area contributed by atoms with Crippen LogP contribution in [0.4, 0.5) is 0 Å². The van der Waals surface area contributed by atoms with Crippen LogP contribution in [0.1, 0.15) is 41.8 Å². The minimum Gasteiger partial charge on any atom is -0.490 e. The number of hydrogen-bond donors (Lipinski definition) is 1. The molecule has 1 aromatic heterocycles. The van der Waals surface area contributed by atoms with Gasteiger partial charge in [0.15, 0.2) is 11.3 Å². The van der Waals surface area contributed by atoms with Gasteiger partial charge in [-0.05, 0) is 31.7 Å². The number of ether oxygens (including phenoxy) is 1. The lowest BCUT2D eigenvalue weighted by atomic mass is 10.1. The fourth-order valence-electron chi connectivity index (χ4n) is 2.32. The van der Waals surface area contributed by atoms with Crippen LogP contribution < -0.4 is 4.74 Å². The highest BCUT2D eigenvalue weighted by molar-refractivity contribution is 5.97. The van der Waals surface area contributed by atoms with Crippen LogP contribution in [0.3, 0.4) is 0 Å². The van der Waals surface area contributed by atoms with Crippen molar-refractivity contribution in [2.45, 2.75) is 25.7 Å². The number of carboxylic acids is 1. The topological polar surface area (TPSA) is 59.7 Å². The van der Waals surface area contributed by atoms with E-state index < -0.39 is 5.97 Å². The summed E-state index contributed by atoms with van der Waals surface area (Å²) in [4.78, 5) is 11.3. The van der Waals surface area contributed by atoms with Crippen molar-refractivity contribution >= 4 is 16.9 Å². The van der Waals surface area contributed by atoms with Gasteiger partial charge in [-0.15, -0.1) is 0 Å². The SMILES string of the molecule is CCOc1cccc2c(C3CC3)c(C(=O)O)oc12. The summed E-state index contributed by atoms with van der Waals surface area (Å²) in [6.07, 6.45) is 2.07. The monoisotopic (exact) mass is 246 g/mol. The number of aromatic carboxylic acids is 1. The van der Waals surface area contributed by atoms with Crippen LogP contribution in [0.2, 0.25) is 0 Å².